The van der Waals surface area contributed by atoms with Gasteiger partial charge in [-0.1, -0.05) is 13.8 Å². The summed E-state index contributed by atoms with van der Waals surface area (Å²) in [6.07, 6.45) is -4.13. The monoisotopic (exact) mass is 826 g/mol. The standard InChI is InChI=1S/C23H21F5I2N6O2S2/c1-4-39-11-8-13(30)17(31-10-11)19(37)32-14-9-15(22(24,25)23(26,27)28)35-36-21(14,3)34-20(38)18-12(29)6-7-16(33-18)40-5-2/h6-10,36H,4-5H2,1-3H3,(H,32,37)(H,34,38). The van der Waals surface area contributed by atoms with Crippen molar-refractivity contribution >= 4 is 86.2 Å². The maximum atomic E-state index is 14.2. The minimum absolute atomic E-state index is 0.0108. The number of hydrazone groups is 1. The molecule has 0 radical (unpaired) electrons. The summed E-state index contributed by atoms with van der Waals surface area (Å²) < 4.78 is 68.7. The number of amides is 2. The second-order valence-corrected chi connectivity index (χ2v) is 13.1. The van der Waals surface area contributed by atoms with Gasteiger partial charge < -0.3 is 10.6 Å². The maximum absolute atomic E-state index is 14.2. The summed E-state index contributed by atoms with van der Waals surface area (Å²) in [6.45, 7) is 5.08. The molecule has 1 aliphatic rings. The Morgan fingerprint density at radius 3 is 2.30 bits per heavy atom. The number of rotatable bonds is 9. The second kappa shape index (κ2) is 13.1. The molecular formula is C23H21F5I2N6O2S2. The van der Waals surface area contributed by atoms with Gasteiger partial charge in [0.15, 0.2) is 5.66 Å². The maximum Gasteiger partial charge on any atom is 0.459 e. The summed E-state index contributed by atoms with van der Waals surface area (Å²) in [5.74, 6) is -5.59. The van der Waals surface area contributed by atoms with Gasteiger partial charge >= 0.3 is 12.1 Å². The van der Waals surface area contributed by atoms with Gasteiger partial charge in [0.1, 0.15) is 17.1 Å². The van der Waals surface area contributed by atoms with E-state index in [0.29, 0.717) is 24.0 Å². The number of carbonyl (C=O) groups is 2. The van der Waals surface area contributed by atoms with Crippen LogP contribution in [0.3, 0.4) is 0 Å². The fourth-order valence-electron chi connectivity index (χ4n) is 3.22. The molecule has 2 aromatic heterocycles. The van der Waals surface area contributed by atoms with E-state index < -0.39 is 41.0 Å². The highest BCUT2D eigenvalue weighted by atomic mass is 127. The van der Waals surface area contributed by atoms with Gasteiger partial charge in [-0.05, 0) is 87.9 Å². The van der Waals surface area contributed by atoms with Crippen LogP contribution >= 0.6 is 68.7 Å². The minimum atomic E-state index is -5.96. The third-order valence-corrected chi connectivity index (χ3v) is 8.53. The van der Waals surface area contributed by atoms with Crippen molar-refractivity contribution in [3.63, 3.8) is 0 Å². The van der Waals surface area contributed by atoms with E-state index in [9.17, 15) is 31.5 Å². The SMILES string of the molecule is CCSc1cnc(C(=O)NC2=CC(C(F)(F)C(F)(F)F)=NNC2(C)NC(=O)c2nc(SCC)ccc2I)c(I)c1. The number of aromatic nitrogens is 2. The molecule has 0 saturated heterocycles. The number of hydrogen-bond donors (Lipinski definition) is 3. The average Bonchev–Trinajstić information content (AvgIpc) is 2.86. The first-order valence-corrected chi connectivity index (χ1v) is 15.5. The summed E-state index contributed by atoms with van der Waals surface area (Å²) in [6, 6.07) is 5.06. The lowest BCUT2D eigenvalue weighted by Crippen LogP contribution is -2.62. The van der Waals surface area contributed by atoms with Gasteiger partial charge in [0.05, 0.1) is 10.7 Å². The molecule has 0 bridgehead atoms. The molecule has 3 rings (SSSR count). The number of allylic oxidation sites excluding steroid dienone is 1. The highest BCUT2D eigenvalue weighted by Gasteiger charge is 2.62. The molecule has 0 spiro atoms. The second-order valence-electron chi connectivity index (χ2n) is 8.12. The Labute approximate surface area is 261 Å². The minimum Gasteiger partial charge on any atom is -0.322 e. The fourth-order valence-corrected chi connectivity index (χ4v) is 5.97. The molecule has 216 valence electrons. The predicted molar refractivity (Wildman–Crippen MR) is 160 cm³/mol. The van der Waals surface area contributed by atoms with Crippen LogP contribution in [-0.2, 0) is 0 Å². The number of carbonyl (C=O) groups excluding carboxylic acids is 2. The van der Waals surface area contributed by atoms with Crippen molar-refractivity contribution in [2.45, 2.75) is 48.5 Å². The Balaban J connectivity index is 2.00. The first kappa shape index (κ1) is 32.8. The van der Waals surface area contributed by atoms with Gasteiger partial charge in [-0.3, -0.25) is 15.0 Å². The Kier molecular flexibility index (Phi) is 10.7. The van der Waals surface area contributed by atoms with Crippen LogP contribution in [0.4, 0.5) is 22.0 Å². The van der Waals surface area contributed by atoms with Crippen LogP contribution in [0.25, 0.3) is 0 Å². The van der Waals surface area contributed by atoms with Gasteiger partial charge in [-0.25, -0.2) is 9.97 Å². The molecule has 3 N–H and O–H groups in total. The summed E-state index contributed by atoms with van der Waals surface area (Å²) in [5.41, 5.74) is -2.07. The lowest BCUT2D eigenvalue weighted by atomic mass is 10.0. The van der Waals surface area contributed by atoms with E-state index in [0.717, 1.165) is 10.6 Å². The van der Waals surface area contributed by atoms with E-state index in [1.807, 2.05) is 59.0 Å². The van der Waals surface area contributed by atoms with Crippen LogP contribution in [0, 0.1) is 7.14 Å². The average molecular weight is 826 g/mol. The van der Waals surface area contributed by atoms with Crippen LogP contribution in [0.1, 0.15) is 41.7 Å². The number of hydrogen-bond acceptors (Lipinski definition) is 8. The molecule has 3 heterocycles. The first-order chi connectivity index (χ1) is 18.6. The number of thioether (sulfide) groups is 2. The molecule has 0 saturated carbocycles. The van der Waals surface area contributed by atoms with Crippen molar-refractivity contribution in [1.29, 1.82) is 0 Å². The fraction of sp³-hybridized carbons (Fsp3) is 0.348. The molecule has 2 amide bonds. The smallest absolute Gasteiger partial charge is 0.322 e. The highest BCUT2D eigenvalue weighted by Crippen LogP contribution is 2.38. The molecule has 1 unspecified atom stereocenters. The van der Waals surface area contributed by atoms with E-state index >= 15 is 0 Å². The molecule has 0 fully saturated rings. The van der Waals surface area contributed by atoms with Gasteiger partial charge in [-0.2, -0.15) is 27.1 Å². The predicted octanol–water partition coefficient (Wildman–Crippen LogP) is 5.83. The lowest BCUT2D eigenvalue weighted by molar-refractivity contribution is -0.249. The van der Waals surface area contributed by atoms with Crippen molar-refractivity contribution < 1.29 is 31.5 Å². The van der Waals surface area contributed by atoms with E-state index in [4.69, 9.17) is 0 Å². The lowest BCUT2D eigenvalue weighted by Gasteiger charge is -2.36. The highest BCUT2D eigenvalue weighted by molar-refractivity contribution is 14.1. The molecule has 8 nitrogen and oxygen atoms in total. The quantitative estimate of drug-likeness (QED) is 0.166. The molecular weight excluding hydrogens is 805 g/mol. The topological polar surface area (TPSA) is 108 Å². The number of pyridine rings is 2. The molecule has 1 aliphatic heterocycles. The van der Waals surface area contributed by atoms with Crippen LogP contribution in [0.5, 0.6) is 0 Å². The third kappa shape index (κ3) is 7.36. The number of alkyl halides is 5. The van der Waals surface area contributed by atoms with E-state index in [1.54, 1.807) is 18.2 Å². The van der Waals surface area contributed by atoms with E-state index in [2.05, 4.69) is 31.1 Å². The molecule has 0 aliphatic carbocycles. The Morgan fingerprint density at radius 2 is 1.70 bits per heavy atom. The molecule has 17 heteroatoms. The van der Waals surface area contributed by atoms with Crippen molar-refractivity contribution in [3.8, 4) is 0 Å². The molecule has 1 atom stereocenters. The molecule has 2 aromatic rings. The normalized spacial score (nSPS) is 17.4. The van der Waals surface area contributed by atoms with Crippen molar-refractivity contribution in [2.75, 3.05) is 11.5 Å². The Morgan fingerprint density at radius 1 is 1.02 bits per heavy atom. The summed E-state index contributed by atoms with van der Waals surface area (Å²) in [4.78, 5) is 35.6. The van der Waals surface area contributed by atoms with Crippen molar-refractivity contribution in [3.05, 3.63) is 54.7 Å². The zero-order chi connectivity index (χ0) is 29.9. The Hall–Kier alpha value is -1.74. The summed E-state index contributed by atoms with van der Waals surface area (Å²) in [5, 5.41) is 8.62. The van der Waals surface area contributed by atoms with Gasteiger partial charge in [0.2, 0.25) is 0 Å². The zero-order valence-electron chi connectivity index (χ0n) is 20.9. The summed E-state index contributed by atoms with van der Waals surface area (Å²) in [7, 11) is 0. The molecule has 0 aromatic carbocycles. The number of nitrogens with zero attached hydrogens (tertiary/aromatic N) is 3. The Bertz CT molecular complexity index is 1380. The summed E-state index contributed by atoms with van der Waals surface area (Å²) >= 11 is 6.61. The zero-order valence-corrected chi connectivity index (χ0v) is 26.9. The van der Waals surface area contributed by atoms with Crippen LogP contribution < -0.4 is 16.1 Å². The van der Waals surface area contributed by atoms with Crippen molar-refractivity contribution in [1.82, 2.24) is 26.0 Å². The number of nitrogens with one attached hydrogen (secondary N) is 3. The van der Waals surface area contributed by atoms with E-state index in [-0.39, 0.29) is 11.4 Å². The van der Waals surface area contributed by atoms with Gasteiger partial charge in [-0.15, -0.1) is 23.5 Å². The van der Waals surface area contributed by atoms with Crippen LogP contribution in [0.2, 0.25) is 0 Å². The van der Waals surface area contributed by atoms with Gasteiger partial charge in [0, 0.05) is 18.2 Å². The third-order valence-electron chi connectivity index (χ3n) is 5.18. The van der Waals surface area contributed by atoms with Crippen LogP contribution in [0.15, 0.2) is 51.2 Å². The number of halogens is 7. The first-order valence-electron chi connectivity index (χ1n) is 11.4. The van der Waals surface area contributed by atoms with Crippen molar-refractivity contribution in [2.24, 2.45) is 5.10 Å². The van der Waals surface area contributed by atoms with Crippen LogP contribution in [-0.4, -0.2) is 56.8 Å². The molecule has 40 heavy (non-hydrogen) atoms. The largest absolute Gasteiger partial charge is 0.459 e. The van der Waals surface area contributed by atoms with Gasteiger partial charge in [0.25, 0.3) is 11.8 Å². The van der Waals surface area contributed by atoms with E-state index in [1.165, 1.54) is 36.6 Å².